The van der Waals surface area contributed by atoms with Crippen LogP contribution in [0.15, 0.2) is 24.3 Å². The Morgan fingerprint density at radius 3 is 2.69 bits per heavy atom. The highest BCUT2D eigenvalue weighted by molar-refractivity contribution is 5.97. The lowest BCUT2D eigenvalue weighted by Crippen LogP contribution is -2.40. The van der Waals surface area contributed by atoms with E-state index in [0.29, 0.717) is 4.39 Å². The first-order valence-corrected chi connectivity index (χ1v) is 4.87. The van der Waals surface area contributed by atoms with Crippen LogP contribution in [-0.2, 0) is 13.0 Å². The van der Waals surface area contributed by atoms with Gasteiger partial charge in [-0.15, -0.1) is 0 Å². The fourth-order valence-electron chi connectivity index (χ4n) is 2.05. The second kappa shape index (κ2) is 3.19. The van der Waals surface area contributed by atoms with Crippen molar-refractivity contribution in [2.45, 2.75) is 19.4 Å². The van der Waals surface area contributed by atoms with Crippen molar-refractivity contribution in [1.82, 2.24) is 0 Å². The fourth-order valence-corrected chi connectivity index (χ4v) is 2.05. The first-order valence-electron chi connectivity index (χ1n) is 4.87. The molecule has 1 aromatic rings. The lowest BCUT2D eigenvalue weighted by molar-refractivity contribution is -0.809. The van der Waals surface area contributed by atoms with Crippen molar-refractivity contribution in [3.05, 3.63) is 35.4 Å². The van der Waals surface area contributed by atoms with E-state index in [0.717, 1.165) is 13.1 Å². The topological polar surface area (TPSA) is 0 Å². The van der Waals surface area contributed by atoms with Gasteiger partial charge in [-0.05, 0) is 18.4 Å². The zero-order valence-corrected chi connectivity index (χ0v) is 8.16. The largest absolute Gasteiger partial charge is 0.481 e. The van der Waals surface area contributed by atoms with Crippen LogP contribution in [0.1, 0.15) is 17.5 Å². The van der Waals surface area contributed by atoms with Crippen LogP contribution in [0.25, 0.3) is 0 Å². The van der Waals surface area contributed by atoms with Crippen LogP contribution in [-0.4, -0.2) is 26.0 Å². The summed E-state index contributed by atoms with van der Waals surface area (Å²) in [4.78, 5) is 0. The smallest absolute Gasteiger partial charge is 0.395 e. The van der Waals surface area contributed by atoms with Crippen molar-refractivity contribution >= 4 is 7.98 Å². The number of hydrogen-bond acceptors (Lipinski definition) is 0. The van der Waals surface area contributed by atoms with Crippen LogP contribution in [0.3, 0.4) is 0 Å². The van der Waals surface area contributed by atoms with E-state index in [1.165, 1.54) is 24.0 Å². The van der Waals surface area contributed by atoms with Gasteiger partial charge in [0.15, 0.2) is 0 Å². The monoisotopic (exact) mass is 172 g/mol. The molecule has 0 fully saturated rings. The molecule has 0 N–H and O–H groups in total. The first-order chi connectivity index (χ1) is 6.17. The normalized spacial score (nSPS) is 27.8. The van der Waals surface area contributed by atoms with Crippen molar-refractivity contribution in [1.29, 1.82) is 0 Å². The lowest BCUT2D eigenvalue weighted by atomic mass is 10.0. The number of fused-ring (bicyclic) bond motifs is 1. The van der Waals surface area contributed by atoms with E-state index in [1.54, 1.807) is 0 Å². The van der Waals surface area contributed by atoms with Gasteiger partial charge in [0, 0.05) is 12.6 Å². The molecule has 66 valence electrons. The molecule has 0 aliphatic carbocycles. The minimum absolute atomic E-state index is 0.636. The molecule has 1 nitrogen and oxygen atoms in total. The zero-order valence-electron chi connectivity index (χ0n) is 8.16. The van der Waals surface area contributed by atoms with E-state index < -0.39 is 0 Å². The summed E-state index contributed by atoms with van der Waals surface area (Å²) >= 11 is 0. The van der Waals surface area contributed by atoms with Crippen molar-refractivity contribution in [2.75, 3.05) is 13.6 Å². The minimum Gasteiger partial charge on any atom is -0.395 e. The summed E-state index contributed by atoms with van der Waals surface area (Å²) < 4.78 is 0.636. The summed E-state index contributed by atoms with van der Waals surface area (Å²) in [6.07, 6.45) is 2.38. The van der Waals surface area contributed by atoms with Crippen molar-refractivity contribution in [3.8, 4) is 0 Å². The van der Waals surface area contributed by atoms with E-state index in [9.17, 15) is 0 Å². The quantitative estimate of drug-likeness (QED) is 0.522. The second-order valence-corrected chi connectivity index (χ2v) is 4.23. The number of nitrogens with zero attached hydrogens (tertiary/aromatic N) is 1. The standard InChI is InChI=1S/C11H15BN/c1-13(12)8-4-7-10-5-2-3-6-11(10)9-13/h2-3,5-6H,4,7-9H2,1H3/q+1. The maximum absolute atomic E-state index is 6.13. The highest BCUT2D eigenvalue weighted by Crippen LogP contribution is 2.20. The van der Waals surface area contributed by atoms with Gasteiger partial charge in [0.2, 0.25) is 0 Å². The maximum atomic E-state index is 6.13. The average Bonchev–Trinajstić information content (AvgIpc) is 2.21. The molecule has 0 aromatic heterocycles. The Labute approximate surface area is 81.4 Å². The molecule has 2 radical (unpaired) electrons. The molecule has 1 heterocycles. The van der Waals surface area contributed by atoms with Crippen molar-refractivity contribution < 1.29 is 4.39 Å². The van der Waals surface area contributed by atoms with E-state index in [-0.39, 0.29) is 0 Å². The summed E-state index contributed by atoms with van der Waals surface area (Å²) in [5.74, 6) is 0. The van der Waals surface area contributed by atoms with Crippen LogP contribution in [0.5, 0.6) is 0 Å². The van der Waals surface area contributed by atoms with Gasteiger partial charge in [-0.3, -0.25) is 0 Å². The highest BCUT2D eigenvalue weighted by atomic mass is 15.2. The number of quaternary nitrogens is 1. The molecule has 1 atom stereocenters. The molecule has 1 aromatic carbocycles. The average molecular weight is 172 g/mol. The van der Waals surface area contributed by atoms with Crippen LogP contribution in [0.2, 0.25) is 0 Å². The van der Waals surface area contributed by atoms with Crippen LogP contribution >= 0.6 is 0 Å². The van der Waals surface area contributed by atoms with Crippen molar-refractivity contribution in [3.63, 3.8) is 0 Å². The zero-order chi connectivity index (χ0) is 9.31. The first kappa shape index (κ1) is 8.83. The molecule has 0 spiro atoms. The van der Waals surface area contributed by atoms with Gasteiger partial charge >= 0.3 is 7.98 Å². The molecule has 0 saturated heterocycles. The molecule has 0 bridgehead atoms. The van der Waals surface area contributed by atoms with Gasteiger partial charge < -0.3 is 4.39 Å². The molecule has 1 aliphatic rings. The molecule has 1 aliphatic heterocycles. The van der Waals surface area contributed by atoms with E-state index in [4.69, 9.17) is 7.98 Å². The number of rotatable bonds is 0. The predicted molar refractivity (Wildman–Crippen MR) is 55.3 cm³/mol. The Bertz CT molecular complexity index is 307. The third kappa shape index (κ3) is 1.94. The van der Waals surface area contributed by atoms with Crippen molar-refractivity contribution in [2.24, 2.45) is 0 Å². The van der Waals surface area contributed by atoms with Gasteiger partial charge in [0.25, 0.3) is 0 Å². The van der Waals surface area contributed by atoms with Gasteiger partial charge in [-0.1, -0.05) is 24.3 Å². The Kier molecular flexibility index (Phi) is 2.16. The molecule has 2 heteroatoms. The Morgan fingerprint density at radius 2 is 1.92 bits per heavy atom. The van der Waals surface area contributed by atoms with Gasteiger partial charge in [0.05, 0.1) is 13.1 Å². The lowest BCUT2D eigenvalue weighted by Gasteiger charge is -2.29. The van der Waals surface area contributed by atoms with Crippen LogP contribution in [0.4, 0.5) is 0 Å². The van der Waals surface area contributed by atoms with E-state index >= 15 is 0 Å². The second-order valence-electron chi connectivity index (χ2n) is 4.23. The van der Waals surface area contributed by atoms with Gasteiger partial charge in [-0.2, -0.15) is 0 Å². The number of benzene rings is 1. The summed E-state index contributed by atoms with van der Waals surface area (Å²) in [5, 5.41) is 0. The Hall–Kier alpha value is -0.755. The summed E-state index contributed by atoms with van der Waals surface area (Å²) in [6.45, 7) is 2.05. The molecular weight excluding hydrogens is 157 g/mol. The summed E-state index contributed by atoms with van der Waals surface area (Å²) in [6, 6.07) is 8.64. The number of aryl methyl sites for hydroxylation is 1. The number of hydrogen-bond donors (Lipinski definition) is 0. The summed E-state index contributed by atoms with van der Waals surface area (Å²) in [7, 11) is 8.23. The molecule has 0 amide bonds. The van der Waals surface area contributed by atoms with E-state index in [1.807, 2.05) is 0 Å². The molecule has 0 saturated carbocycles. The van der Waals surface area contributed by atoms with Gasteiger partial charge in [-0.25, -0.2) is 0 Å². The van der Waals surface area contributed by atoms with Gasteiger partial charge in [0.1, 0.15) is 0 Å². The minimum atomic E-state index is 0.636. The van der Waals surface area contributed by atoms with E-state index in [2.05, 4.69) is 31.3 Å². The molecule has 13 heavy (non-hydrogen) atoms. The third-order valence-corrected chi connectivity index (χ3v) is 2.76. The predicted octanol–water partition coefficient (Wildman–Crippen LogP) is 1.66. The summed E-state index contributed by atoms with van der Waals surface area (Å²) in [5.41, 5.74) is 2.90. The SMILES string of the molecule is [B][N+]1(C)CCCc2ccccc2C1. The van der Waals surface area contributed by atoms with Crippen LogP contribution < -0.4 is 0 Å². The Morgan fingerprint density at radius 1 is 1.23 bits per heavy atom. The fraction of sp³-hybridized carbons (Fsp3) is 0.455. The molecular formula is C11H15BN+. The third-order valence-electron chi connectivity index (χ3n) is 2.76. The highest BCUT2D eigenvalue weighted by Gasteiger charge is 2.21. The molecule has 1 unspecified atom stereocenters. The Balaban J connectivity index is 2.34. The molecule has 2 rings (SSSR count). The van der Waals surface area contributed by atoms with Crippen LogP contribution in [0, 0.1) is 0 Å². The maximum Gasteiger partial charge on any atom is 0.481 e.